The van der Waals surface area contributed by atoms with Crippen molar-refractivity contribution in [1.29, 1.82) is 0 Å². The minimum Gasteiger partial charge on any atom is -0.485 e. The van der Waals surface area contributed by atoms with Crippen LogP contribution in [0.15, 0.2) is 23.0 Å². The van der Waals surface area contributed by atoms with Gasteiger partial charge in [0.2, 0.25) is 21.3 Å². The molecule has 0 amide bonds. The first-order valence-corrected chi connectivity index (χ1v) is 43.9. The summed E-state index contributed by atoms with van der Waals surface area (Å²) in [4.78, 5) is 4.96. The Morgan fingerprint density at radius 1 is 0.292 bits per heavy atom. The molecule has 0 radical (unpaired) electrons. The molecule has 2 N–H and O–H groups in total. The number of thiophene rings is 4. The van der Waals surface area contributed by atoms with E-state index < -0.39 is 12.2 Å². The molecular weight excluding hydrogens is 1480 g/mol. The van der Waals surface area contributed by atoms with E-state index in [-0.39, 0.29) is 13.2 Å². The van der Waals surface area contributed by atoms with Gasteiger partial charge in [0, 0.05) is 49.6 Å². The molecule has 4 aromatic heterocycles. The second kappa shape index (κ2) is 44.6. The van der Waals surface area contributed by atoms with Crippen LogP contribution in [0.4, 0.5) is 0 Å². The molecule has 2 unspecified atom stereocenters. The average Bonchev–Trinajstić information content (AvgIpc) is 1.58. The number of aliphatic hydroxyl groups is 2. The lowest BCUT2D eigenvalue weighted by molar-refractivity contribution is -0.0167. The van der Waals surface area contributed by atoms with Crippen molar-refractivity contribution >= 4 is 78.7 Å². The van der Waals surface area contributed by atoms with Gasteiger partial charge in [-0.1, -0.05) is 129 Å². The highest BCUT2D eigenvalue weighted by atomic mass is 32.2. The molecule has 8 aliphatic heterocycles. The lowest BCUT2D eigenvalue weighted by Crippen LogP contribution is -2.21. The van der Waals surface area contributed by atoms with Crippen molar-refractivity contribution in [1.82, 2.24) is 0 Å². The Labute approximate surface area is 648 Å². The van der Waals surface area contributed by atoms with E-state index in [1.807, 2.05) is 0 Å². The third kappa shape index (κ3) is 22.5. The first kappa shape index (κ1) is 81.2. The molecule has 12 heterocycles. The maximum absolute atomic E-state index is 11.4. The van der Waals surface area contributed by atoms with Gasteiger partial charge in [0.1, 0.15) is 98.2 Å². The van der Waals surface area contributed by atoms with E-state index in [0.29, 0.717) is 240 Å². The lowest BCUT2D eigenvalue weighted by atomic mass is 10.1. The van der Waals surface area contributed by atoms with Gasteiger partial charge < -0.3 is 105 Å². The molecule has 588 valence electrons. The van der Waals surface area contributed by atoms with Crippen LogP contribution in [0, 0.1) is 19.6 Å². The Kier molecular flexibility index (Phi) is 34.2. The molecule has 0 saturated heterocycles. The highest BCUT2D eigenvalue weighted by molar-refractivity contribution is 8.12. The minimum absolute atomic E-state index is 0.118. The van der Waals surface area contributed by atoms with Crippen molar-refractivity contribution in [3.05, 3.63) is 71.2 Å². The van der Waals surface area contributed by atoms with Crippen molar-refractivity contribution in [3.8, 4) is 46.0 Å². The molecular formula is C78H110O22S6+2. The van der Waals surface area contributed by atoms with Gasteiger partial charge in [-0.25, -0.2) is 0 Å². The summed E-state index contributed by atoms with van der Waals surface area (Å²) in [7, 11) is 0. The SMILES string of the molecule is CCCCCCCCCCCCOCCOCCOCCOCC(O)Cc1sc([C+]2S/C(=c3/s/c(=c4/s/c(=C5/S[C+](c6sc(CC(O)COCCOCCOCCOCCCCCCCCCCCC)c7c6OCCO7)C6=C5OCCO6)c5c4OCCO5)c4c3OCCO4)C3=C2OCCO3)c2c1OCCO2. The number of thioether (sulfide) groups is 2. The van der Waals surface area contributed by atoms with Gasteiger partial charge in [-0.05, 0) is 12.8 Å². The molecule has 2 atom stereocenters. The van der Waals surface area contributed by atoms with Gasteiger partial charge in [-0.2, -0.15) is 0 Å². The van der Waals surface area contributed by atoms with E-state index in [2.05, 4.69) is 13.8 Å². The number of unbranched alkanes of at least 4 members (excludes halogenated alkanes) is 18. The van der Waals surface area contributed by atoms with E-state index in [1.54, 1.807) is 0 Å². The summed E-state index contributed by atoms with van der Waals surface area (Å²) in [6.07, 6.45) is 25.1. The smallest absolute Gasteiger partial charge is 0.293 e. The van der Waals surface area contributed by atoms with E-state index >= 15 is 0 Å². The van der Waals surface area contributed by atoms with Crippen LogP contribution >= 0.6 is 68.9 Å². The Bertz CT molecular complexity index is 3390. The summed E-state index contributed by atoms with van der Waals surface area (Å²) < 4.78 is 128. The quantitative estimate of drug-likeness (QED) is 0.0310. The summed E-state index contributed by atoms with van der Waals surface area (Å²) in [5, 5.41) is 24.4. The van der Waals surface area contributed by atoms with Gasteiger partial charge in [0.05, 0.1) is 124 Å². The van der Waals surface area contributed by atoms with Gasteiger partial charge in [-0.3, -0.25) is 0 Å². The van der Waals surface area contributed by atoms with Gasteiger partial charge >= 0.3 is 0 Å². The first-order valence-electron chi connectivity index (χ1n) is 39.0. The molecule has 28 heteroatoms. The third-order valence-electron chi connectivity index (χ3n) is 18.5. The highest BCUT2D eigenvalue weighted by Gasteiger charge is 2.53. The van der Waals surface area contributed by atoms with Crippen LogP contribution < -0.4 is 47.0 Å². The number of hydrogen-bond donors (Lipinski definition) is 2. The number of hydrogen-bond acceptors (Lipinski definition) is 28. The zero-order valence-corrected chi connectivity index (χ0v) is 66.9. The summed E-state index contributed by atoms with van der Waals surface area (Å²) in [5.41, 5.74) is 0. The summed E-state index contributed by atoms with van der Waals surface area (Å²) in [6.45, 7) is 16.2. The fourth-order valence-corrected chi connectivity index (χ4v) is 21.2. The molecule has 0 aliphatic carbocycles. The zero-order valence-electron chi connectivity index (χ0n) is 62.0. The summed E-state index contributed by atoms with van der Waals surface area (Å²) in [5.74, 6) is 7.27. The predicted octanol–water partition coefficient (Wildman–Crippen LogP) is 13.5. The van der Waals surface area contributed by atoms with E-state index in [9.17, 15) is 10.2 Å². The van der Waals surface area contributed by atoms with Gasteiger partial charge in [-0.15, -0.1) is 45.3 Å². The van der Waals surface area contributed by atoms with Crippen LogP contribution in [0.2, 0.25) is 0 Å². The van der Waals surface area contributed by atoms with Crippen molar-refractivity contribution < 1.29 is 105 Å². The number of rotatable bonds is 50. The van der Waals surface area contributed by atoms with E-state index in [1.165, 1.54) is 184 Å². The zero-order chi connectivity index (χ0) is 72.8. The van der Waals surface area contributed by atoms with Crippen LogP contribution in [0.25, 0.3) is 9.81 Å². The van der Waals surface area contributed by atoms with Crippen molar-refractivity contribution in [3.63, 3.8) is 0 Å². The Hall–Kier alpha value is -4.34. The Balaban J connectivity index is 0.659. The second-order valence-electron chi connectivity index (χ2n) is 26.8. The summed E-state index contributed by atoms with van der Waals surface area (Å²) >= 11 is 9.15. The minimum atomic E-state index is -0.812. The molecule has 0 bridgehead atoms. The maximum atomic E-state index is 11.4. The third-order valence-corrected chi connectivity index (χ3v) is 26.3. The first-order chi connectivity index (χ1) is 52.5. The van der Waals surface area contributed by atoms with Crippen LogP contribution in [-0.2, 0) is 69.7 Å². The van der Waals surface area contributed by atoms with E-state index in [0.717, 1.165) is 84.0 Å². The molecule has 0 saturated carbocycles. The van der Waals surface area contributed by atoms with Crippen molar-refractivity contribution in [2.45, 2.75) is 167 Å². The normalized spacial score (nSPS) is 18.4. The van der Waals surface area contributed by atoms with Gasteiger partial charge in [0.15, 0.2) is 33.5 Å². The maximum Gasteiger partial charge on any atom is 0.293 e. The van der Waals surface area contributed by atoms with Crippen LogP contribution in [0.5, 0.6) is 46.0 Å². The number of fused-ring (bicyclic) bond motifs is 4. The lowest BCUT2D eigenvalue weighted by Gasteiger charge is -2.16. The standard InChI is InChI=1S/C78H110O22S6/c1-3-5-7-9-11-13-15-17-19-21-23-81-25-27-83-29-31-85-33-35-87-51-53(79)49-55-57-59(91-39-37-89-57)69(101-55)71-61-63(95-43-41-93-61)73(103-71)75-65-67(99-47-45-97-65)77(105-75)78-68-66(98-46-48-100-68)76(106-78)74-64-62(94-42-44-96-64)72(104-74)70-60-58(90-38-40-92-60)56(102-70)50-54(80)52-88-36-34-86-32-30-84-28-26-82-24-22-20-18-16-14-12-10-8-6-4-2/h53-54,79-80H,3-52H2,1-2H3/q+2/b75-73+,76-74+,78-77+. The fourth-order valence-electron chi connectivity index (χ4n) is 13.3. The predicted molar refractivity (Wildman–Crippen MR) is 412 cm³/mol. The fraction of sp³-hybridized carbons (Fsp3) is 0.692. The largest absolute Gasteiger partial charge is 0.485 e. The highest BCUT2D eigenvalue weighted by Crippen LogP contribution is 2.62. The Morgan fingerprint density at radius 2 is 0.566 bits per heavy atom. The van der Waals surface area contributed by atoms with Crippen LogP contribution in [0.3, 0.4) is 0 Å². The Morgan fingerprint density at radius 3 is 0.915 bits per heavy atom. The molecule has 22 nitrogen and oxygen atoms in total. The molecule has 4 aromatic rings. The molecule has 8 aliphatic rings. The monoisotopic (exact) mass is 1590 g/mol. The van der Waals surface area contributed by atoms with E-state index in [4.69, 9.17) is 94.7 Å². The molecule has 0 aromatic carbocycles. The van der Waals surface area contributed by atoms with Crippen LogP contribution in [-0.4, -0.2) is 207 Å². The second-order valence-corrected chi connectivity index (χ2v) is 33.1. The molecule has 0 spiro atoms. The van der Waals surface area contributed by atoms with Crippen LogP contribution in [0.1, 0.15) is 162 Å². The topological polar surface area (TPSA) is 225 Å². The van der Waals surface area contributed by atoms with Crippen molar-refractivity contribution in [2.24, 2.45) is 0 Å². The molecule has 0 fully saturated rings. The van der Waals surface area contributed by atoms with Crippen molar-refractivity contribution in [2.75, 3.05) is 185 Å². The molecule has 106 heavy (non-hydrogen) atoms. The number of aliphatic hydroxyl groups excluding tert-OH is 2. The average molecular weight is 1590 g/mol. The molecule has 12 rings (SSSR count). The summed E-state index contributed by atoms with van der Waals surface area (Å²) in [6, 6.07) is 0. The number of ether oxygens (including phenoxy) is 20. The van der Waals surface area contributed by atoms with Gasteiger partial charge in [0.25, 0.3) is 34.5 Å².